The number of alkyl halides is 3. The zero-order valence-corrected chi connectivity index (χ0v) is 19.3. The highest BCUT2D eigenvalue weighted by Crippen LogP contribution is 2.31. The number of hydrogen-bond donors (Lipinski definition) is 2. The van der Waals surface area contributed by atoms with Crippen LogP contribution in [0.5, 0.6) is 0 Å². The summed E-state index contributed by atoms with van der Waals surface area (Å²) in [6.45, 7) is 4.25. The Balaban J connectivity index is 1.65. The minimum absolute atomic E-state index is 0.104. The Kier molecular flexibility index (Phi) is 8.55. The molecule has 1 aliphatic rings. The van der Waals surface area contributed by atoms with Gasteiger partial charge < -0.3 is 15.0 Å². The van der Waals surface area contributed by atoms with E-state index in [0.717, 1.165) is 12.1 Å². The first kappa shape index (κ1) is 25.3. The van der Waals surface area contributed by atoms with Gasteiger partial charge in [-0.15, -0.1) is 0 Å². The molecule has 0 bridgehead atoms. The Morgan fingerprint density at radius 2 is 1.94 bits per heavy atom. The summed E-state index contributed by atoms with van der Waals surface area (Å²) >= 11 is 1.33. The zero-order chi connectivity index (χ0) is 24.0. The molecule has 1 aromatic carbocycles. The van der Waals surface area contributed by atoms with Gasteiger partial charge in [0.15, 0.2) is 5.16 Å². The van der Waals surface area contributed by atoms with Crippen LogP contribution in [0.4, 0.5) is 13.2 Å². The fourth-order valence-corrected chi connectivity index (χ4v) is 4.18. The number of aromatic amines is 1. The van der Waals surface area contributed by atoms with Gasteiger partial charge in [0.05, 0.1) is 24.8 Å². The topological polar surface area (TPSA) is 87.3 Å². The van der Waals surface area contributed by atoms with Crippen molar-refractivity contribution in [2.24, 2.45) is 0 Å². The first-order valence-corrected chi connectivity index (χ1v) is 11.8. The number of carbonyl (C=O) groups excluding carboxylic acids is 1. The molecule has 0 spiro atoms. The summed E-state index contributed by atoms with van der Waals surface area (Å²) in [6, 6.07) is 4.75. The second-order valence-corrected chi connectivity index (χ2v) is 8.52. The highest BCUT2D eigenvalue weighted by atomic mass is 32.2. The van der Waals surface area contributed by atoms with Gasteiger partial charge in [-0.25, -0.2) is 4.98 Å². The second kappa shape index (κ2) is 11.2. The van der Waals surface area contributed by atoms with Crippen LogP contribution in [0.3, 0.4) is 0 Å². The molecule has 1 amide bonds. The van der Waals surface area contributed by atoms with Gasteiger partial charge in [-0.2, -0.15) is 13.2 Å². The van der Waals surface area contributed by atoms with E-state index in [1.807, 2.05) is 6.26 Å². The van der Waals surface area contributed by atoms with E-state index >= 15 is 0 Å². The summed E-state index contributed by atoms with van der Waals surface area (Å²) in [5, 5.41) is 3.40. The highest BCUT2D eigenvalue weighted by Gasteiger charge is 2.31. The fraction of sp³-hybridized carbons (Fsp3) is 0.500. The van der Waals surface area contributed by atoms with Gasteiger partial charge in [0, 0.05) is 37.3 Å². The normalized spacial score (nSPS) is 15.9. The molecule has 0 saturated carbocycles. The van der Waals surface area contributed by atoms with Crippen LogP contribution in [0.15, 0.2) is 34.2 Å². The molecule has 1 aromatic heterocycles. The van der Waals surface area contributed by atoms with Gasteiger partial charge >= 0.3 is 6.18 Å². The monoisotopic (exact) mass is 484 g/mol. The van der Waals surface area contributed by atoms with Crippen LogP contribution >= 0.6 is 11.8 Å². The smallest absolute Gasteiger partial charge is 0.379 e. The molecule has 11 heteroatoms. The molecule has 2 heterocycles. The number of morpholine rings is 1. The molecule has 1 aliphatic heterocycles. The van der Waals surface area contributed by atoms with Crippen LogP contribution in [-0.2, 0) is 22.1 Å². The number of nitrogens with one attached hydrogen (secondary N) is 2. The van der Waals surface area contributed by atoms with E-state index in [9.17, 15) is 22.8 Å². The summed E-state index contributed by atoms with van der Waals surface area (Å²) in [4.78, 5) is 33.9. The molecule has 180 valence electrons. The van der Waals surface area contributed by atoms with E-state index in [1.165, 1.54) is 23.9 Å². The molecule has 2 N–H and O–H groups in total. The van der Waals surface area contributed by atoms with Crippen molar-refractivity contribution in [1.29, 1.82) is 0 Å². The molecule has 33 heavy (non-hydrogen) atoms. The Morgan fingerprint density at radius 3 is 2.52 bits per heavy atom. The van der Waals surface area contributed by atoms with Crippen LogP contribution in [0.1, 0.15) is 34.8 Å². The predicted molar refractivity (Wildman–Crippen MR) is 119 cm³/mol. The van der Waals surface area contributed by atoms with Crippen molar-refractivity contribution in [3.8, 4) is 0 Å². The first-order chi connectivity index (χ1) is 15.7. The molecule has 0 radical (unpaired) electrons. The first-order valence-electron chi connectivity index (χ1n) is 10.6. The molecule has 7 nitrogen and oxygen atoms in total. The van der Waals surface area contributed by atoms with Crippen LogP contribution in [-0.4, -0.2) is 59.9 Å². The van der Waals surface area contributed by atoms with Crippen molar-refractivity contribution < 1.29 is 22.7 Å². The number of rotatable bonds is 8. The molecular weight excluding hydrogens is 457 g/mol. The lowest BCUT2D eigenvalue weighted by molar-refractivity contribution is -0.137. The summed E-state index contributed by atoms with van der Waals surface area (Å²) in [5.41, 5.74) is 0.782. The molecule has 0 aliphatic carbocycles. The van der Waals surface area contributed by atoms with E-state index in [0.29, 0.717) is 48.3 Å². The number of ether oxygens (including phenoxy) is 1. The van der Waals surface area contributed by atoms with Crippen LogP contribution < -0.4 is 10.9 Å². The second-order valence-electron chi connectivity index (χ2n) is 7.73. The van der Waals surface area contributed by atoms with Gasteiger partial charge in [-0.1, -0.05) is 23.9 Å². The van der Waals surface area contributed by atoms with Gasteiger partial charge in [0.25, 0.3) is 5.56 Å². The maximum Gasteiger partial charge on any atom is 0.416 e. The van der Waals surface area contributed by atoms with Crippen molar-refractivity contribution in [1.82, 2.24) is 20.2 Å². The number of halogens is 3. The third kappa shape index (κ3) is 6.81. The van der Waals surface area contributed by atoms with E-state index in [4.69, 9.17) is 4.74 Å². The number of amides is 1. The number of thioether (sulfide) groups is 1. The largest absolute Gasteiger partial charge is 0.416 e. The average molecular weight is 485 g/mol. The van der Waals surface area contributed by atoms with Crippen LogP contribution in [0.25, 0.3) is 0 Å². The van der Waals surface area contributed by atoms with Crippen molar-refractivity contribution in [2.75, 3.05) is 39.1 Å². The number of aryl methyl sites for hydroxylation is 1. The SMILES string of the molecule is CSc1nc(C)c(CCC(=O)NCC(c2ccc(C(F)(F)F)cc2)N2CCOCC2)c(=O)[nH]1. The Morgan fingerprint density at radius 1 is 1.27 bits per heavy atom. The predicted octanol–water partition coefficient (Wildman–Crippen LogP) is 2.94. The lowest BCUT2D eigenvalue weighted by Gasteiger charge is -2.35. The minimum atomic E-state index is -4.40. The van der Waals surface area contributed by atoms with E-state index < -0.39 is 11.7 Å². The van der Waals surface area contributed by atoms with Gasteiger partial charge in [-0.3, -0.25) is 14.5 Å². The average Bonchev–Trinajstić information content (AvgIpc) is 2.79. The summed E-state index contributed by atoms with van der Waals surface area (Å²) in [7, 11) is 0. The fourth-order valence-electron chi connectivity index (χ4n) is 3.75. The molecular formula is C22H27F3N4O3S. The Labute approximate surface area is 194 Å². The van der Waals surface area contributed by atoms with E-state index in [2.05, 4.69) is 20.2 Å². The highest BCUT2D eigenvalue weighted by molar-refractivity contribution is 7.98. The number of carbonyl (C=O) groups is 1. The van der Waals surface area contributed by atoms with Gasteiger partial charge in [0.1, 0.15) is 0 Å². The van der Waals surface area contributed by atoms with Crippen molar-refractivity contribution >= 4 is 17.7 Å². The number of hydrogen-bond acceptors (Lipinski definition) is 6. The Bertz CT molecular complexity index is 1010. The van der Waals surface area contributed by atoms with E-state index in [1.54, 1.807) is 6.92 Å². The van der Waals surface area contributed by atoms with Crippen molar-refractivity contribution in [2.45, 2.75) is 37.1 Å². The number of benzene rings is 1. The lowest BCUT2D eigenvalue weighted by Crippen LogP contribution is -2.43. The van der Waals surface area contributed by atoms with Crippen LogP contribution in [0.2, 0.25) is 0 Å². The zero-order valence-electron chi connectivity index (χ0n) is 18.5. The quantitative estimate of drug-likeness (QED) is 0.443. The van der Waals surface area contributed by atoms with Crippen LogP contribution in [0, 0.1) is 6.92 Å². The van der Waals surface area contributed by atoms with Gasteiger partial charge in [0.2, 0.25) is 5.91 Å². The third-order valence-electron chi connectivity index (χ3n) is 5.60. The standard InChI is InChI=1S/C22H27F3N4O3S/c1-14-17(20(31)28-21(27-14)33-2)7-8-19(30)26-13-18(29-9-11-32-12-10-29)15-3-5-16(6-4-15)22(23,24)25/h3-6,18H,7-13H2,1-2H3,(H,26,30)(H,27,28,31). The van der Waals surface area contributed by atoms with Crippen molar-refractivity contribution in [3.63, 3.8) is 0 Å². The summed E-state index contributed by atoms with van der Waals surface area (Å²) < 4.78 is 44.2. The maximum absolute atomic E-state index is 12.9. The molecule has 3 rings (SSSR count). The molecule has 1 fully saturated rings. The third-order valence-corrected chi connectivity index (χ3v) is 6.18. The molecule has 1 saturated heterocycles. The van der Waals surface area contributed by atoms with Gasteiger partial charge in [-0.05, 0) is 37.3 Å². The summed E-state index contributed by atoms with van der Waals surface area (Å²) in [5.74, 6) is -0.243. The number of H-pyrrole nitrogens is 1. The number of aromatic nitrogens is 2. The maximum atomic E-state index is 12.9. The molecule has 1 atom stereocenters. The number of nitrogens with zero attached hydrogens (tertiary/aromatic N) is 2. The summed E-state index contributed by atoms with van der Waals surface area (Å²) in [6.07, 6.45) is -2.24. The van der Waals surface area contributed by atoms with E-state index in [-0.39, 0.29) is 36.9 Å². The minimum Gasteiger partial charge on any atom is -0.379 e. The molecule has 1 unspecified atom stereocenters. The molecule has 2 aromatic rings. The Hall–Kier alpha value is -2.37. The lowest BCUT2D eigenvalue weighted by atomic mass is 10.0. The van der Waals surface area contributed by atoms with Crippen molar-refractivity contribution in [3.05, 3.63) is 57.0 Å².